The summed E-state index contributed by atoms with van der Waals surface area (Å²) in [6.45, 7) is 2.01. The van der Waals surface area contributed by atoms with Crippen molar-refractivity contribution in [3.63, 3.8) is 0 Å². The largest absolute Gasteiger partial charge is 0.465 e. The number of hydrogen-bond acceptors (Lipinski definition) is 6. The van der Waals surface area contributed by atoms with E-state index in [1.807, 2.05) is 55.5 Å². The number of amides is 1. The summed E-state index contributed by atoms with van der Waals surface area (Å²) >= 11 is 1.40. The van der Waals surface area contributed by atoms with Gasteiger partial charge in [-0.25, -0.2) is 9.78 Å². The van der Waals surface area contributed by atoms with Crippen LogP contribution < -0.4 is 5.01 Å². The monoisotopic (exact) mass is 429 g/mol. The Morgan fingerprint density at radius 3 is 2.42 bits per heavy atom. The molecule has 1 amide bonds. The molecular weight excluding hydrogens is 410 g/mol. The molecule has 1 aromatic heterocycles. The van der Waals surface area contributed by atoms with E-state index in [0.717, 1.165) is 21.3 Å². The number of hydrazone groups is 1. The van der Waals surface area contributed by atoms with E-state index in [1.54, 1.807) is 30.5 Å². The number of ether oxygens (including phenoxy) is 1. The number of thiazole rings is 1. The first-order valence-electron chi connectivity index (χ1n) is 9.54. The van der Waals surface area contributed by atoms with E-state index in [2.05, 4.69) is 10.1 Å². The minimum Gasteiger partial charge on any atom is -0.465 e. The topological polar surface area (TPSA) is 71.9 Å². The minimum atomic E-state index is -0.459. The van der Waals surface area contributed by atoms with E-state index >= 15 is 0 Å². The van der Waals surface area contributed by atoms with Gasteiger partial charge in [0.1, 0.15) is 0 Å². The molecule has 6 nitrogen and oxygen atoms in total. The lowest BCUT2D eigenvalue weighted by atomic mass is 10.1. The van der Waals surface area contributed by atoms with Crippen LogP contribution >= 0.6 is 11.3 Å². The van der Waals surface area contributed by atoms with Gasteiger partial charge < -0.3 is 4.74 Å². The van der Waals surface area contributed by atoms with Gasteiger partial charge in [-0.05, 0) is 54.4 Å². The predicted octanol–water partition coefficient (Wildman–Crippen LogP) is 5.07. The van der Waals surface area contributed by atoms with Gasteiger partial charge in [-0.1, -0.05) is 47.7 Å². The van der Waals surface area contributed by atoms with Gasteiger partial charge in [-0.3, -0.25) is 4.79 Å². The van der Waals surface area contributed by atoms with E-state index in [-0.39, 0.29) is 5.91 Å². The Bertz CT molecular complexity index is 1260. The van der Waals surface area contributed by atoms with E-state index in [4.69, 9.17) is 4.74 Å². The second kappa shape index (κ2) is 8.89. The molecule has 0 fully saturated rings. The number of nitrogens with zero attached hydrogens (tertiary/aromatic N) is 3. The number of anilines is 1. The van der Waals surface area contributed by atoms with E-state index < -0.39 is 5.97 Å². The molecule has 0 spiro atoms. The number of fused-ring (bicyclic) bond motifs is 1. The number of hydrogen-bond donors (Lipinski definition) is 0. The number of methoxy groups -OCH3 is 1. The van der Waals surface area contributed by atoms with Crippen LogP contribution in [0.5, 0.6) is 0 Å². The summed E-state index contributed by atoms with van der Waals surface area (Å²) in [6, 6.07) is 21.7. The summed E-state index contributed by atoms with van der Waals surface area (Å²) in [5, 5.41) is 6.21. The van der Waals surface area contributed by atoms with Gasteiger partial charge in [-0.15, -0.1) is 0 Å². The van der Waals surface area contributed by atoms with Crippen molar-refractivity contribution in [3.8, 4) is 0 Å². The molecule has 0 aliphatic carbocycles. The zero-order valence-electron chi connectivity index (χ0n) is 17.0. The first-order chi connectivity index (χ1) is 15.0. The number of aromatic nitrogens is 1. The molecule has 0 atom stereocenters. The molecule has 0 radical (unpaired) electrons. The standard InChI is InChI=1S/C24H19N3O3S/c1-16-8-13-20-21(14-16)31-24(26-20)27(25-15-17-6-4-3-5-7-17)22(28)18-9-11-19(12-10-18)23(29)30-2/h3-15H,1-2H3/b25-15+. The minimum absolute atomic E-state index is 0.348. The highest BCUT2D eigenvalue weighted by atomic mass is 32.1. The molecule has 4 rings (SSSR count). The van der Waals surface area contributed by atoms with Crippen LogP contribution in [0.25, 0.3) is 10.2 Å². The maximum atomic E-state index is 13.3. The van der Waals surface area contributed by atoms with Crippen molar-refractivity contribution < 1.29 is 14.3 Å². The van der Waals surface area contributed by atoms with Gasteiger partial charge in [0.15, 0.2) is 0 Å². The zero-order valence-corrected chi connectivity index (χ0v) is 17.8. The third-order valence-corrected chi connectivity index (χ3v) is 5.57. The third-order valence-electron chi connectivity index (χ3n) is 4.58. The van der Waals surface area contributed by atoms with Crippen LogP contribution in [0, 0.1) is 6.92 Å². The van der Waals surface area contributed by atoms with Crippen molar-refractivity contribution >= 4 is 44.8 Å². The number of esters is 1. The lowest BCUT2D eigenvalue weighted by molar-refractivity contribution is 0.0600. The number of carbonyl (C=O) groups excluding carboxylic acids is 2. The Morgan fingerprint density at radius 1 is 1.00 bits per heavy atom. The van der Waals surface area contributed by atoms with Crippen LogP contribution in [0.2, 0.25) is 0 Å². The first-order valence-corrected chi connectivity index (χ1v) is 10.4. The predicted molar refractivity (Wildman–Crippen MR) is 123 cm³/mol. The first kappa shape index (κ1) is 20.4. The van der Waals surface area contributed by atoms with Crippen molar-refractivity contribution in [2.45, 2.75) is 6.92 Å². The average Bonchev–Trinajstić information content (AvgIpc) is 3.22. The number of carbonyl (C=O) groups is 2. The Kier molecular flexibility index (Phi) is 5.86. The lowest BCUT2D eigenvalue weighted by Gasteiger charge is -2.14. The summed E-state index contributed by atoms with van der Waals surface area (Å²) in [4.78, 5) is 29.6. The molecule has 0 saturated heterocycles. The summed E-state index contributed by atoms with van der Waals surface area (Å²) in [5.41, 5.74) is 3.53. The molecule has 154 valence electrons. The van der Waals surface area contributed by atoms with Crippen molar-refractivity contribution in [1.29, 1.82) is 0 Å². The molecule has 0 N–H and O–H groups in total. The fraction of sp³-hybridized carbons (Fsp3) is 0.0833. The molecule has 0 aliphatic rings. The molecule has 31 heavy (non-hydrogen) atoms. The Balaban J connectivity index is 1.72. The van der Waals surface area contributed by atoms with Gasteiger partial charge >= 0.3 is 5.97 Å². The van der Waals surface area contributed by atoms with Crippen molar-refractivity contribution in [1.82, 2.24) is 4.98 Å². The lowest BCUT2D eigenvalue weighted by Crippen LogP contribution is -2.25. The van der Waals surface area contributed by atoms with Crippen LogP contribution in [0.15, 0.2) is 77.9 Å². The van der Waals surface area contributed by atoms with E-state index in [9.17, 15) is 9.59 Å². The zero-order chi connectivity index (χ0) is 21.8. The second-order valence-electron chi connectivity index (χ2n) is 6.81. The third kappa shape index (κ3) is 4.51. The molecule has 0 unspecified atom stereocenters. The fourth-order valence-electron chi connectivity index (χ4n) is 2.95. The number of benzene rings is 3. The van der Waals surface area contributed by atoms with Crippen molar-refractivity contribution in [2.24, 2.45) is 5.10 Å². The molecule has 0 aliphatic heterocycles. The quantitative estimate of drug-likeness (QED) is 0.252. The Labute approximate surface area is 183 Å². The molecule has 3 aromatic carbocycles. The number of aryl methyl sites for hydroxylation is 1. The molecule has 1 heterocycles. The van der Waals surface area contributed by atoms with Gasteiger partial charge in [-0.2, -0.15) is 10.1 Å². The summed E-state index contributed by atoms with van der Waals surface area (Å²) < 4.78 is 5.69. The molecule has 0 bridgehead atoms. The fourth-order valence-corrected chi connectivity index (χ4v) is 3.97. The second-order valence-corrected chi connectivity index (χ2v) is 7.82. The maximum absolute atomic E-state index is 13.3. The smallest absolute Gasteiger partial charge is 0.337 e. The van der Waals surface area contributed by atoms with Crippen LogP contribution in [-0.4, -0.2) is 30.2 Å². The summed E-state index contributed by atoms with van der Waals surface area (Å²) in [6.07, 6.45) is 1.62. The van der Waals surface area contributed by atoms with Gasteiger partial charge in [0.2, 0.25) is 5.13 Å². The molecule has 0 saturated carbocycles. The Hall–Kier alpha value is -3.84. The van der Waals surface area contributed by atoms with Gasteiger partial charge in [0, 0.05) is 5.56 Å². The van der Waals surface area contributed by atoms with Crippen LogP contribution in [-0.2, 0) is 4.74 Å². The maximum Gasteiger partial charge on any atom is 0.337 e. The van der Waals surface area contributed by atoms with Crippen molar-refractivity contribution in [3.05, 3.63) is 95.1 Å². The van der Waals surface area contributed by atoms with Crippen LogP contribution in [0.4, 0.5) is 5.13 Å². The molecule has 7 heteroatoms. The van der Waals surface area contributed by atoms with Crippen molar-refractivity contribution in [2.75, 3.05) is 12.1 Å². The molecule has 4 aromatic rings. The van der Waals surface area contributed by atoms with Gasteiger partial charge in [0.25, 0.3) is 5.91 Å². The van der Waals surface area contributed by atoms with Crippen LogP contribution in [0.1, 0.15) is 31.8 Å². The Morgan fingerprint density at radius 2 is 1.71 bits per heavy atom. The highest BCUT2D eigenvalue weighted by Gasteiger charge is 2.21. The highest BCUT2D eigenvalue weighted by molar-refractivity contribution is 7.22. The normalized spacial score (nSPS) is 11.0. The van der Waals surface area contributed by atoms with E-state index in [0.29, 0.717) is 16.3 Å². The van der Waals surface area contributed by atoms with Gasteiger partial charge in [0.05, 0.1) is 29.1 Å². The number of rotatable bonds is 5. The molecular formula is C24H19N3O3S. The van der Waals surface area contributed by atoms with E-state index in [1.165, 1.54) is 23.5 Å². The average molecular weight is 430 g/mol. The highest BCUT2D eigenvalue weighted by Crippen LogP contribution is 2.30. The summed E-state index contributed by atoms with van der Waals surface area (Å²) in [7, 11) is 1.32. The SMILES string of the molecule is COC(=O)c1ccc(C(=O)N(/N=C/c2ccccc2)c2nc3ccc(C)cc3s2)cc1. The summed E-state index contributed by atoms with van der Waals surface area (Å²) in [5.74, 6) is -0.807. The van der Waals surface area contributed by atoms with Crippen LogP contribution in [0.3, 0.4) is 0 Å².